The zero-order valence-electron chi connectivity index (χ0n) is 7.55. The van der Waals surface area contributed by atoms with Crippen molar-refractivity contribution in [2.45, 2.75) is 13.8 Å². The molecule has 0 radical (unpaired) electrons. The fourth-order valence-electron chi connectivity index (χ4n) is 0. The molecule has 0 heterocycles. The van der Waals surface area contributed by atoms with Gasteiger partial charge in [0.15, 0.2) is 0 Å². The normalized spacial score (nSPS) is 6.92. The first kappa shape index (κ1) is 18.2. The molecule has 0 aromatic heterocycles. The molecular weight excluding hydrogens is 251 g/mol. The van der Waals surface area contributed by atoms with Crippen LogP contribution in [-0.4, -0.2) is 11.9 Å². The molecule has 70 valence electrons. The topological polar surface area (TPSA) is 80.3 Å². The average molecular weight is 261 g/mol. The SMILES string of the molecule is C=C(C)C(=O)[O-].C=C(C)C(=O)[O-].[Zr+2]. The van der Waals surface area contributed by atoms with Gasteiger partial charge < -0.3 is 19.8 Å². The fraction of sp³-hybridized carbons (Fsp3) is 0.250. The van der Waals surface area contributed by atoms with Crippen molar-refractivity contribution in [3.05, 3.63) is 24.3 Å². The van der Waals surface area contributed by atoms with Gasteiger partial charge in [0.25, 0.3) is 0 Å². The van der Waals surface area contributed by atoms with Gasteiger partial charge in [-0.1, -0.05) is 13.2 Å². The number of hydrogen-bond donors (Lipinski definition) is 0. The smallest absolute Gasteiger partial charge is 0.545 e. The Hall–Kier alpha value is -0.697. The van der Waals surface area contributed by atoms with E-state index in [2.05, 4.69) is 13.2 Å². The molecule has 5 heteroatoms. The molecule has 0 aliphatic carbocycles. The molecule has 0 saturated carbocycles. The van der Waals surface area contributed by atoms with Gasteiger partial charge in [0.1, 0.15) is 0 Å². The van der Waals surface area contributed by atoms with E-state index in [1.54, 1.807) is 0 Å². The summed E-state index contributed by atoms with van der Waals surface area (Å²) in [5.41, 5.74) is 0.130. The molecule has 0 atom stereocenters. The van der Waals surface area contributed by atoms with E-state index < -0.39 is 11.9 Å². The van der Waals surface area contributed by atoms with Crippen molar-refractivity contribution >= 4 is 11.9 Å². The van der Waals surface area contributed by atoms with Gasteiger partial charge in [0.2, 0.25) is 0 Å². The van der Waals surface area contributed by atoms with Crippen LogP contribution in [0.5, 0.6) is 0 Å². The summed E-state index contributed by atoms with van der Waals surface area (Å²) in [6.45, 7) is 8.95. The number of rotatable bonds is 2. The van der Waals surface area contributed by atoms with E-state index in [1.807, 2.05) is 0 Å². The molecule has 0 spiro atoms. The standard InChI is InChI=1S/2C4H6O2.Zr/c2*1-3(2)4(5)6;/h2*1H2,2H3,(H,5,6);/q;;+2/p-2. The molecule has 0 aromatic rings. The maximum Gasteiger partial charge on any atom is 2.00 e. The number of carbonyl (C=O) groups excluding carboxylic acids is 2. The van der Waals surface area contributed by atoms with Gasteiger partial charge in [0.05, 0.1) is 11.9 Å². The van der Waals surface area contributed by atoms with Crippen LogP contribution in [0.4, 0.5) is 0 Å². The summed E-state index contributed by atoms with van der Waals surface area (Å²) in [6, 6.07) is 0. The number of hydrogen-bond acceptors (Lipinski definition) is 4. The summed E-state index contributed by atoms with van der Waals surface area (Å²) in [4.78, 5) is 19.0. The van der Waals surface area contributed by atoms with Crippen molar-refractivity contribution in [2.75, 3.05) is 0 Å². The van der Waals surface area contributed by atoms with E-state index in [-0.39, 0.29) is 37.3 Å². The van der Waals surface area contributed by atoms with Crippen LogP contribution in [0.3, 0.4) is 0 Å². The van der Waals surface area contributed by atoms with Crippen molar-refractivity contribution in [2.24, 2.45) is 0 Å². The van der Waals surface area contributed by atoms with Crippen LogP contribution in [0.1, 0.15) is 13.8 Å². The first-order valence-corrected chi connectivity index (χ1v) is 3.02. The van der Waals surface area contributed by atoms with Crippen molar-refractivity contribution in [3.8, 4) is 0 Å². The van der Waals surface area contributed by atoms with Gasteiger partial charge in [-0.3, -0.25) is 0 Å². The average Bonchev–Trinajstić information content (AvgIpc) is 1.88. The molecule has 0 unspecified atom stereocenters. The third-order valence-corrected chi connectivity index (χ3v) is 0.697. The number of carboxylic acids is 2. The van der Waals surface area contributed by atoms with Crippen molar-refractivity contribution < 1.29 is 46.0 Å². The summed E-state index contributed by atoms with van der Waals surface area (Å²) < 4.78 is 0. The first-order valence-electron chi connectivity index (χ1n) is 3.02. The Labute approximate surface area is 96.1 Å². The van der Waals surface area contributed by atoms with E-state index in [0.29, 0.717) is 0 Å². The zero-order valence-corrected chi connectivity index (χ0v) is 10.0. The minimum atomic E-state index is -1.19. The Balaban J connectivity index is -0.000000143. The molecule has 0 rings (SSSR count). The van der Waals surface area contributed by atoms with Crippen LogP contribution in [0, 0.1) is 0 Å². The van der Waals surface area contributed by atoms with Gasteiger partial charge in [-0.2, -0.15) is 0 Å². The number of carboxylic acid groups (broad SMARTS) is 2. The third-order valence-electron chi connectivity index (χ3n) is 0.697. The molecule has 4 nitrogen and oxygen atoms in total. The van der Waals surface area contributed by atoms with E-state index in [9.17, 15) is 19.8 Å². The van der Waals surface area contributed by atoms with E-state index >= 15 is 0 Å². The summed E-state index contributed by atoms with van der Waals surface area (Å²) in [5.74, 6) is -2.37. The van der Waals surface area contributed by atoms with Crippen LogP contribution >= 0.6 is 0 Å². The molecule has 0 saturated heterocycles. The van der Waals surface area contributed by atoms with Crippen molar-refractivity contribution in [3.63, 3.8) is 0 Å². The predicted octanol–water partition coefficient (Wildman–Crippen LogP) is -1.38. The second-order valence-corrected chi connectivity index (χ2v) is 2.14. The third kappa shape index (κ3) is 18.3. The number of aliphatic carboxylic acids is 2. The molecular formula is C8H10O4Zr. The Kier molecular flexibility index (Phi) is 13.1. The van der Waals surface area contributed by atoms with Gasteiger partial charge in [-0.15, -0.1) is 0 Å². The van der Waals surface area contributed by atoms with Crippen LogP contribution in [0.15, 0.2) is 24.3 Å². The minimum Gasteiger partial charge on any atom is -0.545 e. The number of carbonyl (C=O) groups is 2. The summed E-state index contributed by atoms with van der Waals surface area (Å²) >= 11 is 0. The van der Waals surface area contributed by atoms with Gasteiger partial charge in [-0.05, 0) is 25.0 Å². The second-order valence-electron chi connectivity index (χ2n) is 2.14. The Morgan fingerprint density at radius 3 is 1.00 bits per heavy atom. The zero-order chi connectivity index (χ0) is 10.3. The van der Waals surface area contributed by atoms with Crippen LogP contribution < -0.4 is 10.2 Å². The Morgan fingerprint density at radius 2 is 1.00 bits per heavy atom. The van der Waals surface area contributed by atoms with Gasteiger partial charge in [-0.25, -0.2) is 0 Å². The van der Waals surface area contributed by atoms with Crippen molar-refractivity contribution in [1.29, 1.82) is 0 Å². The van der Waals surface area contributed by atoms with Crippen LogP contribution in [0.25, 0.3) is 0 Å². The quantitative estimate of drug-likeness (QED) is 0.574. The first-order chi connectivity index (χ1) is 5.29. The Bertz CT molecular complexity index is 172. The molecule has 0 N–H and O–H groups in total. The van der Waals surface area contributed by atoms with Gasteiger partial charge >= 0.3 is 26.2 Å². The van der Waals surface area contributed by atoms with Crippen LogP contribution in [-0.2, 0) is 35.8 Å². The molecule has 0 fully saturated rings. The molecule has 0 aliphatic rings. The van der Waals surface area contributed by atoms with E-state index in [1.165, 1.54) is 13.8 Å². The summed E-state index contributed by atoms with van der Waals surface area (Å²) in [7, 11) is 0. The van der Waals surface area contributed by atoms with Gasteiger partial charge in [0, 0.05) is 0 Å². The summed E-state index contributed by atoms with van der Waals surface area (Å²) in [6.07, 6.45) is 0. The summed E-state index contributed by atoms with van der Waals surface area (Å²) in [5, 5.41) is 19.0. The maximum atomic E-state index is 9.49. The minimum absolute atomic E-state index is 0. The molecule has 0 bridgehead atoms. The molecule has 0 amide bonds. The second kappa shape index (κ2) is 9.39. The van der Waals surface area contributed by atoms with E-state index in [0.717, 1.165) is 0 Å². The molecule has 0 aliphatic heterocycles. The maximum absolute atomic E-state index is 9.49. The largest absolute Gasteiger partial charge is 2.00 e. The Morgan fingerprint density at radius 1 is 0.923 bits per heavy atom. The van der Waals surface area contributed by atoms with Crippen molar-refractivity contribution in [1.82, 2.24) is 0 Å². The predicted molar refractivity (Wildman–Crippen MR) is 39.6 cm³/mol. The monoisotopic (exact) mass is 260 g/mol. The molecule has 13 heavy (non-hydrogen) atoms. The van der Waals surface area contributed by atoms with Crippen LogP contribution in [0.2, 0.25) is 0 Å². The molecule has 0 aromatic carbocycles. The fourth-order valence-corrected chi connectivity index (χ4v) is 0. The van der Waals surface area contributed by atoms with E-state index in [4.69, 9.17) is 0 Å².